The van der Waals surface area contributed by atoms with Gasteiger partial charge in [0.25, 0.3) is 0 Å². The minimum atomic E-state index is -4.95. The SMILES string of the molecule is CCC(C)CCCCCCCCC(=O)O[C@H](COC(=O)CCCCCCCCC(C)C)COP(=O)(O)OC[C@H](O)COP(=O)(O)OC[C@@H](COC(=O)CCCCCCCCCCCC(C)C)OC(=O)CCCCCCCCCCCCCCCCCCCCC(C)C. The first-order valence-electron chi connectivity index (χ1n) is 37.7. The highest BCUT2D eigenvalue weighted by atomic mass is 31.2. The van der Waals surface area contributed by atoms with E-state index in [9.17, 15) is 43.2 Å². The third-order valence-electron chi connectivity index (χ3n) is 17.2. The van der Waals surface area contributed by atoms with Gasteiger partial charge in [-0.1, -0.05) is 312 Å². The van der Waals surface area contributed by atoms with Gasteiger partial charge in [-0.15, -0.1) is 0 Å². The normalized spacial score (nSPS) is 14.5. The lowest BCUT2D eigenvalue weighted by molar-refractivity contribution is -0.161. The zero-order valence-corrected chi connectivity index (χ0v) is 62.0. The van der Waals surface area contributed by atoms with Crippen LogP contribution in [-0.2, 0) is 65.4 Å². The fourth-order valence-electron chi connectivity index (χ4n) is 11.0. The number of hydrogen-bond acceptors (Lipinski definition) is 15. The fourth-order valence-corrected chi connectivity index (χ4v) is 12.6. The van der Waals surface area contributed by atoms with Crippen molar-refractivity contribution in [3.63, 3.8) is 0 Å². The summed E-state index contributed by atoms with van der Waals surface area (Å²) < 4.78 is 68.3. The third kappa shape index (κ3) is 65.4. The van der Waals surface area contributed by atoms with Gasteiger partial charge in [0.2, 0.25) is 0 Å². The van der Waals surface area contributed by atoms with Crippen molar-refractivity contribution in [3.05, 3.63) is 0 Å². The Morgan fingerprint density at radius 3 is 0.772 bits per heavy atom. The van der Waals surface area contributed by atoms with Crippen LogP contribution in [0.15, 0.2) is 0 Å². The Labute approximate surface area is 562 Å². The van der Waals surface area contributed by atoms with E-state index in [1.165, 1.54) is 161 Å². The molecular weight excluding hydrogens is 1210 g/mol. The van der Waals surface area contributed by atoms with E-state index in [4.69, 9.17) is 37.0 Å². The predicted octanol–water partition coefficient (Wildman–Crippen LogP) is 20.9. The summed E-state index contributed by atoms with van der Waals surface area (Å²) in [7, 11) is -9.90. The molecule has 0 rings (SSSR count). The Balaban J connectivity index is 5.18. The van der Waals surface area contributed by atoms with E-state index in [-0.39, 0.29) is 25.7 Å². The van der Waals surface area contributed by atoms with Crippen LogP contribution in [0.4, 0.5) is 0 Å². The second kappa shape index (κ2) is 62.6. The molecule has 3 N–H and O–H groups in total. The molecule has 546 valence electrons. The highest BCUT2D eigenvalue weighted by molar-refractivity contribution is 7.47. The summed E-state index contributed by atoms with van der Waals surface area (Å²) in [4.78, 5) is 72.6. The molecule has 17 nitrogen and oxygen atoms in total. The van der Waals surface area contributed by atoms with Crippen molar-refractivity contribution in [2.75, 3.05) is 39.6 Å². The van der Waals surface area contributed by atoms with Gasteiger partial charge in [0, 0.05) is 25.7 Å². The van der Waals surface area contributed by atoms with Crippen LogP contribution in [0.25, 0.3) is 0 Å². The fraction of sp³-hybridized carbons (Fsp3) is 0.945. The van der Waals surface area contributed by atoms with Crippen molar-refractivity contribution in [3.8, 4) is 0 Å². The number of phosphoric ester groups is 2. The van der Waals surface area contributed by atoms with E-state index in [1.807, 2.05) is 0 Å². The number of unbranched alkanes of at least 4 members (excludes halogenated alkanes) is 35. The maximum absolute atomic E-state index is 13.0. The maximum Gasteiger partial charge on any atom is 0.472 e. The van der Waals surface area contributed by atoms with Gasteiger partial charge in [0.1, 0.15) is 19.3 Å². The van der Waals surface area contributed by atoms with Crippen LogP contribution in [0.5, 0.6) is 0 Å². The van der Waals surface area contributed by atoms with Crippen molar-refractivity contribution in [2.24, 2.45) is 23.7 Å². The van der Waals surface area contributed by atoms with Gasteiger partial charge in [0.15, 0.2) is 12.2 Å². The van der Waals surface area contributed by atoms with Crippen LogP contribution in [0.2, 0.25) is 0 Å². The Bertz CT molecular complexity index is 1820. The lowest BCUT2D eigenvalue weighted by Gasteiger charge is -2.21. The first-order valence-corrected chi connectivity index (χ1v) is 40.7. The van der Waals surface area contributed by atoms with E-state index >= 15 is 0 Å². The molecule has 0 aliphatic rings. The van der Waals surface area contributed by atoms with Gasteiger partial charge < -0.3 is 33.8 Å². The minimum Gasteiger partial charge on any atom is -0.462 e. The molecule has 0 heterocycles. The standard InChI is InChI=1S/C73H142O17P2/c1-9-66(8)52-44-36-30-32-40-48-56-73(78)90-69(60-84-71(76)54-46-38-31-29-35-43-51-65(6)7)62-88-92(81,82)86-58-67(74)57-85-91(79,80)87-61-68(59-83-70(75)53-45-37-27-24-20-22-26-34-42-50-64(4)5)89-72(77)55-47-39-28-23-19-17-15-13-11-10-12-14-16-18-21-25-33-41-49-63(2)3/h63-69,74H,9-62H2,1-8H3,(H,79,80)(H,81,82)/t66?,67-,68-,69-/m1/s1. The Morgan fingerprint density at radius 1 is 0.304 bits per heavy atom. The molecule has 0 aliphatic carbocycles. The topological polar surface area (TPSA) is 237 Å². The van der Waals surface area contributed by atoms with Gasteiger partial charge in [-0.25, -0.2) is 9.13 Å². The molecule has 0 saturated heterocycles. The molecule has 0 aromatic carbocycles. The molecule has 0 radical (unpaired) electrons. The zero-order chi connectivity index (χ0) is 68.2. The average Bonchev–Trinajstić information content (AvgIpc) is 1.69. The van der Waals surface area contributed by atoms with Crippen LogP contribution in [0.3, 0.4) is 0 Å². The van der Waals surface area contributed by atoms with Crippen LogP contribution >= 0.6 is 15.6 Å². The molecule has 0 aromatic rings. The summed E-state index contributed by atoms with van der Waals surface area (Å²) in [5, 5.41) is 10.6. The Morgan fingerprint density at radius 2 is 0.522 bits per heavy atom. The predicted molar refractivity (Wildman–Crippen MR) is 372 cm³/mol. The second-order valence-corrected chi connectivity index (χ2v) is 30.9. The van der Waals surface area contributed by atoms with E-state index in [2.05, 4.69) is 55.4 Å². The molecular formula is C73H142O17P2. The van der Waals surface area contributed by atoms with E-state index in [0.29, 0.717) is 31.6 Å². The monoisotopic (exact) mass is 1350 g/mol. The number of hydrogen-bond donors (Lipinski definition) is 3. The van der Waals surface area contributed by atoms with E-state index < -0.39 is 97.5 Å². The molecule has 92 heavy (non-hydrogen) atoms. The smallest absolute Gasteiger partial charge is 0.462 e. The number of esters is 4. The molecule has 0 fully saturated rings. The van der Waals surface area contributed by atoms with Crippen molar-refractivity contribution in [1.82, 2.24) is 0 Å². The summed E-state index contributed by atoms with van der Waals surface area (Å²) in [6, 6.07) is 0. The lowest BCUT2D eigenvalue weighted by atomic mass is 10.00. The summed E-state index contributed by atoms with van der Waals surface area (Å²) >= 11 is 0. The van der Waals surface area contributed by atoms with Crippen molar-refractivity contribution in [2.45, 2.75) is 382 Å². The number of ether oxygens (including phenoxy) is 4. The molecule has 19 heteroatoms. The maximum atomic E-state index is 13.0. The number of aliphatic hydroxyl groups is 1. The quantitative estimate of drug-likeness (QED) is 0.0222. The number of aliphatic hydroxyl groups excluding tert-OH is 1. The van der Waals surface area contributed by atoms with Crippen LogP contribution < -0.4 is 0 Å². The number of phosphoric acid groups is 2. The van der Waals surface area contributed by atoms with Gasteiger partial charge >= 0.3 is 39.5 Å². The van der Waals surface area contributed by atoms with E-state index in [1.54, 1.807) is 0 Å². The average molecular weight is 1350 g/mol. The molecule has 6 atom stereocenters. The summed E-state index contributed by atoms with van der Waals surface area (Å²) in [6.45, 7) is 14.1. The number of carbonyl (C=O) groups is 4. The van der Waals surface area contributed by atoms with Gasteiger partial charge in [-0.3, -0.25) is 37.3 Å². The van der Waals surface area contributed by atoms with Gasteiger partial charge in [-0.05, 0) is 49.4 Å². The highest BCUT2D eigenvalue weighted by Crippen LogP contribution is 2.45. The minimum absolute atomic E-state index is 0.102. The van der Waals surface area contributed by atoms with Crippen molar-refractivity contribution >= 4 is 39.5 Å². The van der Waals surface area contributed by atoms with Crippen LogP contribution in [0, 0.1) is 23.7 Å². The summed E-state index contributed by atoms with van der Waals surface area (Å²) in [6.07, 6.45) is 46.2. The Kier molecular flexibility index (Phi) is 61.3. The molecule has 3 unspecified atom stereocenters. The molecule has 0 amide bonds. The van der Waals surface area contributed by atoms with Crippen molar-refractivity contribution < 1.29 is 80.2 Å². The zero-order valence-electron chi connectivity index (χ0n) is 60.2. The highest BCUT2D eigenvalue weighted by Gasteiger charge is 2.30. The van der Waals surface area contributed by atoms with Crippen LogP contribution in [0.1, 0.15) is 364 Å². The van der Waals surface area contributed by atoms with Crippen LogP contribution in [-0.4, -0.2) is 96.7 Å². The molecule has 0 saturated carbocycles. The molecule has 0 aliphatic heterocycles. The largest absolute Gasteiger partial charge is 0.472 e. The summed E-state index contributed by atoms with van der Waals surface area (Å²) in [5.41, 5.74) is 0. The molecule has 0 bridgehead atoms. The van der Waals surface area contributed by atoms with Crippen molar-refractivity contribution in [1.29, 1.82) is 0 Å². The third-order valence-corrected chi connectivity index (χ3v) is 19.1. The molecule has 0 aromatic heterocycles. The first-order chi connectivity index (χ1) is 44.1. The molecule has 0 spiro atoms. The van der Waals surface area contributed by atoms with Gasteiger partial charge in [-0.2, -0.15) is 0 Å². The van der Waals surface area contributed by atoms with Gasteiger partial charge in [0.05, 0.1) is 26.4 Å². The lowest BCUT2D eigenvalue weighted by Crippen LogP contribution is -2.30. The number of rotatable bonds is 70. The summed E-state index contributed by atoms with van der Waals surface area (Å²) in [5.74, 6) is 0.833. The first kappa shape index (κ1) is 90.1. The second-order valence-electron chi connectivity index (χ2n) is 28.0. The van der Waals surface area contributed by atoms with E-state index in [0.717, 1.165) is 114 Å². The number of carbonyl (C=O) groups excluding carboxylic acids is 4. The Hall–Kier alpha value is -1.94.